The molecular weight excluding hydrogens is 400 g/mol. The van der Waals surface area contributed by atoms with Crippen LogP contribution in [0.15, 0.2) is 42.5 Å². The van der Waals surface area contributed by atoms with Crippen molar-refractivity contribution in [2.75, 3.05) is 0 Å². The molecule has 0 aliphatic carbocycles. The Bertz CT molecular complexity index is 1180. The SMILES string of the molecule is CC(=O)c1ccc(-c2c3c(nn2-c2c(C)cccc2C)CN(C(=O)NC(C)(C)C)C3)cc1. The van der Waals surface area contributed by atoms with E-state index in [4.69, 9.17) is 5.10 Å². The molecule has 6 heteroatoms. The van der Waals surface area contributed by atoms with Gasteiger partial charge in [0.05, 0.1) is 30.2 Å². The first-order chi connectivity index (χ1) is 15.0. The molecule has 0 saturated heterocycles. The number of hydrogen-bond acceptors (Lipinski definition) is 3. The average molecular weight is 431 g/mol. The third-order valence-corrected chi connectivity index (χ3v) is 5.74. The number of ketones is 1. The Balaban J connectivity index is 1.82. The molecule has 6 nitrogen and oxygen atoms in total. The van der Waals surface area contributed by atoms with Crippen LogP contribution in [0, 0.1) is 13.8 Å². The molecule has 0 spiro atoms. The van der Waals surface area contributed by atoms with Gasteiger partial charge in [0.2, 0.25) is 0 Å². The van der Waals surface area contributed by atoms with Gasteiger partial charge in [0.1, 0.15) is 0 Å². The van der Waals surface area contributed by atoms with Crippen molar-refractivity contribution in [1.29, 1.82) is 0 Å². The summed E-state index contributed by atoms with van der Waals surface area (Å²) in [4.78, 5) is 26.4. The van der Waals surface area contributed by atoms with Crippen LogP contribution in [0.3, 0.4) is 0 Å². The predicted molar refractivity (Wildman–Crippen MR) is 126 cm³/mol. The van der Waals surface area contributed by atoms with E-state index >= 15 is 0 Å². The lowest BCUT2D eigenvalue weighted by Crippen LogP contribution is -2.46. The summed E-state index contributed by atoms with van der Waals surface area (Å²) in [6, 6.07) is 13.8. The van der Waals surface area contributed by atoms with Crippen LogP contribution in [0.2, 0.25) is 0 Å². The lowest BCUT2D eigenvalue weighted by molar-refractivity contribution is 0.101. The highest BCUT2D eigenvalue weighted by Gasteiger charge is 2.33. The van der Waals surface area contributed by atoms with Crippen molar-refractivity contribution >= 4 is 11.8 Å². The van der Waals surface area contributed by atoms with E-state index in [1.54, 1.807) is 11.8 Å². The molecule has 0 bridgehead atoms. The standard InChI is InChI=1S/C26H30N4O2/c1-16-8-7-9-17(2)23(16)30-24(20-12-10-19(11-13-20)18(3)31)21-14-29(15-22(21)28-30)25(32)27-26(4,5)6/h7-13H,14-15H2,1-6H3,(H,27,32). The second kappa shape index (κ2) is 7.93. The van der Waals surface area contributed by atoms with Crippen LogP contribution >= 0.6 is 0 Å². The minimum absolute atomic E-state index is 0.0371. The van der Waals surface area contributed by atoms with Crippen LogP contribution < -0.4 is 5.32 Å². The van der Waals surface area contributed by atoms with Gasteiger partial charge >= 0.3 is 6.03 Å². The second-order valence-electron chi connectivity index (χ2n) is 9.60. The zero-order valence-corrected chi connectivity index (χ0v) is 19.6. The molecule has 1 aliphatic rings. The number of aromatic nitrogens is 2. The fraction of sp³-hybridized carbons (Fsp3) is 0.346. The van der Waals surface area contributed by atoms with E-state index in [9.17, 15) is 9.59 Å². The normalized spacial score (nSPS) is 13.2. The maximum Gasteiger partial charge on any atom is 0.318 e. The summed E-state index contributed by atoms with van der Waals surface area (Å²) in [7, 11) is 0. The Kier molecular flexibility index (Phi) is 5.41. The first-order valence-corrected chi connectivity index (χ1v) is 10.9. The van der Waals surface area contributed by atoms with Crippen LogP contribution in [-0.4, -0.2) is 32.0 Å². The molecule has 2 aromatic carbocycles. The van der Waals surface area contributed by atoms with E-state index in [1.807, 2.05) is 55.8 Å². The summed E-state index contributed by atoms with van der Waals surface area (Å²) in [6.45, 7) is 12.6. The Hall–Kier alpha value is -3.41. The number of Topliss-reactive ketones (excluding diaryl/α,β-unsaturated/α-hetero) is 1. The molecule has 0 fully saturated rings. The molecule has 3 aromatic rings. The van der Waals surface area contributed by atoms with Crippen LogP contribution in [0.4, 0.5) is 4.79 Å². The quantitative estimate of drug-likeness (QED) is 0.582. The van der Waals surface area contributed by atoms with Crippen molar-refractivity contribution in [3.8, 4) is 16.9 Å². The van der Waals surface area contributed by atoms with Crippen LogP contribution in [0.5, 0.6) is 0 Å². The van der Waals surface area contributed by atoms with E-state index in [1.165, 1.54) is 0 Å². The predicted octanol–water partition coefficient (Wildman–Crippen LogP) is 5.18. The zero-order valence-electron chi connectivity index (χ0n) is 19.6. The molecule has 166 valence electrons. The Morgan fingerprint density at radius 2 is 1.59 bits per heavy atom. The highest BCUT2D eigenvalue weighted by molar-refractivity contribution is 5.94. The summed E-state index contributed by atoms with van der Waals surface area (Å²) in [5, 5.41) is 8.02. The van der Waals surface area contributed by atoms with Crippen molar-refractivity contribution in [2.45, 2.75) is 60.2 Å². The van der Waals surface area contributed by atoms with E-state index in [-0.39, 0.29) is 17.4 Å². The number of benzene rings is 2. The van der Waals surface area contributed by atoms with Gasteiger partial charge in [-0.3, -0.25) is 4.79 Å². The number of carbonyl (C=O) groups is 2. The number of carbonyl (C=O) groups excluding carboxylic acids is 2. The molecule has 1 aromatic heterocycles. The second-order valence-corrected chi connectivity index (χ2v) is 9.60. The summed E-state index contributed by atoms with van der Waals surface area (Å²) in [6.07, 6.45) is 0. The largest absolute Gasteiger partial charge is 0.333 e. The monoisotopic (exact) mass is 430 g/mol. The average Bonchev–Trinajstić information content (AvgIpc) is 3.25. The van der Waals surface area contributed by atoms with Crippen molar-refractivity contribution in [3.05, 3.63) is 70.4 Å². The molecule has 0 saturated carbocycles. The van der Waals surface area contributed by atoms with E-state index < -0.39 is 0 Å². The Morgan fingerprint density at radius 1 is 0.969 bits per heavy atom. The number of nitrogens with zero attached hydrogens (tertiary/aromatic N) is 3. The van der Waals surface area contributed by atoms with Crippen LogP contribution in [0.1, 0.15) is 60.4 Å². The third-order valence-electron chi connectivity index (χ3n) is 5.74. The highest BCUT2D eigenvalue weighted by atomic mass is 16.2. The van der Waals surface area contributed by atoms with Gasteiger partial charge in [0.25, 0.3) is 0 Å². The molecule has 2 heterocycles. The topological polar surface area (TPSA) is 67.2 Å². The minimum Gasteiger partial charge on any atom is -0.333 e. The van der Waals surface area contributed by atoms with E-state index in [2.05, 4.69) is 31.3 Å². The molecule has 32 heavy (non-hydrogen) atoms. The van der Waals surface area contributed by atoms with Crippen molar-refractivity contribution in [2.24, 2.45) is 0 Å². The fourth-order valence-corrected chi connectivity index (χ4v) is 4.22. The van der Waals surface area contributed by atoms with Crippen LogP contribution in [-0.2, 0) is 13.1 Å². The summed E-state index contributed by atoms with van der Waals surface area (Å²) >= 11 is 0. The van der Waals surface area contributed by atoms with Gasteiger partial charge in [-0.2, -0.15) is 5.10 Å². The molecule has 0 unspecified atom stereocenters. The van der Waals surface area contributed by atoms with Gasteiger partial charge in [-0.15, -0.1) is 0 Å². The number of aryl methyl sites for hydroxylation is 2. The van der Waals surface area contributed by atoms with Gasteiger partial charge in [-0.05, 0) is 52.7 Å². The van der Waals surface area contributed by atoms with Gasteiger partial charge in [0.15, 0.2) is 5.78 Å². The van der Waals surface area contributed by atoms with Crippen molar-refractivity contribution < 1.29 is 9.59 Å². The molecule has 1 aliphatic heterocycles. The van der Waals surface area contributed by atoms with Gasteiger partial charge in [-0.25, -0.2) is 9.48 Å². The molecule has 4 rings (SSSR count). The molecule has 0 radical (unpaired) electrons. The number of nitrogens with one attached hydrogen (secondary N) is 1. The number of rotatable bonds is 3. The first kappa shape index (κ1) is 21.8. The number of para-hydroxylation sites is 1. The maximum absolute atomic E-state index is 12.8. The van der Waals surface area contributed by atoms with Crippen LogP contribution in [0.25, 0.3) is 16.9 Å². The van der Waals surface area contributed by atoms with Crippen molar-refractivity contribution in [3.63, 3.8) is 0 Å². The lowest BCUT2D eigenvalue weighted by atomic mass is 10.0. The Labute approximate surface area is 189 Å². The molecular formula is C26H30N4O2. The summed E-state index contributed by atoms with van der Waals surface area (Å²) < 4.78 is 2.01. The summed E-state index contributed by atoms with van der Waals surface area (Å²) in [5.41, 5.74) is 7.59. The molecule has 1 N–H and O–H groups in total. The zero-order chi connectivity index (χ0) is 23.2. The molecule has 0 atom stereocenters. The fourth-order valence-electron chi connectivity index (χ4n) is 4.22. The van der Waals surface area contributed by atoms with Gasteiger partial charge in [0, 0.05) is 22.2 Å². The highest BCUT2D eigenvalue weighted by Crippen LogP contribution is 2.36. The molecule has 2 amide bonds. The first-order valence-electron chi connectivity index (χ1n) is 10.9. The minimum atomic E-state index is -0.305. The number of fused-ring (bicyclic) bond motifs is 1. The van der Waals surface area contributed by atoms with E-state index in [0.29, 0.717) is 18.7 Å². The maximum atomic E-state index is 12.8. The van der Waals surface area contributed by atoms with Gasteiger partial charge in [-0.1, -0.05) is 42.5 Å². The van der Waals surface area contributed by atoms with Crippen molar-refractivity contribution in [1.82, 2.24) is 20.0 Å². The summed E-state index contributed by atoms with van der Waals surface area (Å²) in [5.74, 6) is 0.0371. The number of urea groups is 1. The Morgan fingerprint density at radius 3 is 2.16 bits per heavy atom. The third kappa shape index (κ3) is 4.05. The smallest absolute Gasteiger partial charge is 0.318 e. The van der Waals surface area contributed by atoms with Gasteiger partial charge < -0.3 is 10.2 Å². The number of amides is 2. The van der Waals surface area contributed by atoms with E-state index in [0.717, 1.165) is 39.3 Å². The number of hydrogen-bond donors (Lipinski definition) is 1. The lowest BCUT2D eigenvalue weighted by Gasteiger charge is -2.25.